The number of hydrogen-bond donors (Lipinski definition) is 1. The van der Waals surface area contributed by atoms with Crippen LogP contribution >= 0.6 is 11.3 Å². The molecule has 0 aliphatic heterocycles. The minimum absolute atomic E-state index is 0.528. The van der Waals surface area contributed by atoms with Crippen molar-refractivity contribution < 1.29 is 0 Å². The second-order valence-corrected chi connectivity index (χ2v) is 5.37. The third kappa shape index (κ3) is 3.87. The van der Waals surface area contributed by atoms with Crippen LogP contribution in [0.1, 0.15) is 43.1 Å². The van der Waals surface area contributed by atoms with Crippen LogP contribution in [0.4, 0.5) is 0 Å². The highest BCUT2D eigenvalue weighted by Crippen LogP contribution is 2.26. The van der Waals surface area contributed by atoms with Gasteiger partial charge in [-0.3, -0.25) is 0 Å². The Kier molecular flexibility index (Phi) is 5.19. The number of aryl methyl sites for hydroxylation is 1. The summed E-state index contributed by atoms with van der Waals surface area (Å²) in [6.07, 6.45) is 2.19. The van der Waals surface area contributed by atoms with Crippen molar-refractivity contribution in [3.8, 4) is 0 Å². The molecule has 0 aliphatic rings. The van der Waals surface area contributed by atoms with Crippen molar-refractivity contribution in [2.24, 2.45) is 5.92 Å². The summed E-state index contributed by atoms with van der Waals surface area (Å²) in [5.41, 5.74) is 0. The lowest BCUT2D eigenvalue weighted by Crippen LogP contribution is -2.08. The third-order valence-electron chi connectivity index (χ3n) is 2.69. The van der Waals surface area contributed by atoms with Gasteiger partial charge in [-0.15, -0.1) is 21.5 Å². The maximum Gasteiger partial charge on any atom is 0.120 e. The van der Waals surface area contributed by atoms with E-state index in [2.05, 4.69) is 36.3 Å². The van der Waals surface area contributed by atoms with Crippen LogP contribution in [0.15, 0.2) is 0 Å². The molecule has 0 aliphatic carbocycles. The Morgan fingerprint density at radius 2 is 2.00 bits per heavy atom. The minimum Gasteiger partial charge on any atom is -0.320 e. The Bertz CT molecular complexity index is 283. The predicted molar refractivity (Wildman–Crippen MR) is 65.4 cm³/mol. The van der Waals surface area contributed by atoms with Gasteiger partial charge >= 0.3 is 0 Å². The van der Waals surface area contributed by atoms with Crippen molar-refractivity contribution in [3.05, 3.63) is 10.0 Å². The van der Waals surface area contributed by atoms with E-state index >= 15 is 0 Å². The molecular weight excluding hydrogens is 206 g/mol. The van der Waals surface area contributed by atoms with Gasteiger partial charge in [0.1, 0.15) is 10.0 Å². The maximum absolute atomic E-state index is 4.26. The summed E-state index contributed by atoms with van der Waals surface area (Å²) in [7, 11) is 1.98. The fourth-order valence-corrected chi connectivity index (χ4v) is 2.36. The highest BCUT2D eigenvalue weighted by Gasteiger charge is 2.14. The summed E-state index contributed by atoms with van der Waals surface area (Å²) in [4.78, 5) is 0. The molecule has 15 heavy (non-hydrogen) atoms. The Morgan fingerprint density at radius 3 is 2.60 bits per heavy atom. The highest BCUT2D eigenvalue weighted by molar-refractivity contribution is 7.11. The molecule has 1 aromatic rings. The highest BCUT2D eigenvalue weighted by atomic mass is 32.1. The first-order valence-corrected chi connectivity index (χ1v) is 6.43. The number of nitrogens with zero attached hydrogens (tertiary/aromatic N) is 2. The van der Waals surface area contributed by atoms with Gasteiger partial charge in [0.2, 0.25) is 0 Å². The molecular formula is C11H21N3S. The normalized spacial score (nSPS) is 13.4. The molecule has 0 aromatic carbocycles. The van der Waals surface area contributed by atoms with E-state index in [1.54, 1.807) is 11.3 Å². The van der Waals surface area contributed by atoms with Crippen molar-refractivity contribution >= 4 is 11.3 Å². The summed E-state index contributed by atoms with van der Waals surface area (Å²) < 4.78 is 0. The van der Waals surface area contributed by atoms with Crippen LogP contribution < -0.4 is 5.32 Å². The average molecular weight is 227 g/mol. The molecule has 0 fully saturated rings. The molecule has 1 heterocycles. The Hall–Kier alpha value is -0.480. The van der Waals surface area contributed by atoms with Crippen LogP contribution in [0, 0.1) is 5.92 Å². The molecule has 1 rings (SSSR count). The second kappa shape index (κ2) is 6.18. The lowest BCUT2D eigenvalue weighted by atomic mass is 9.99. The van der Waals surface area contributed by atoms with E-state index in [4.69, 9.17) is 0 Å². The fourth-order valence-electron chi connectivity index (χ4n) is 1.25. The van der Waals surface area contributed by atoms with Gasteiger partial charge in [-0.1, -0.05) is 20.8 Å². The summed E-state index contributed by atoms with van der Waals surface area (Å²) in [5.74, 6) is 1.17. The topological polar surface area (TPSA) is 37.8 Å². The Balaban J connectivity index is 2.48. The monoisotopic (exact) mass is 227 g/mol. The molecule has 0 saturated heterocycles. The van der Waals surface area contributed by atoms with Crippen molar-refractivity contribution in [3.63, 3.8) is 0 Å². The van der Waals surface area contributed by atoms with E-state index in [9.17, 15) is 0 Å². The van der Waals surface area contributed by atoms with Gasteiger partial charge in [-0.2, -0.15) is 0 Å². The first-order valence-electron chi connectivity index (χ1n) is 5.62. The zero-order chi connectivity index (χ0) is 11.3. The molecule has 0 saturated carbocycles. The maximum atomic E-state index is 4.26. The smallest absolute Gasteiger partial charge is 0.120 e. The average Bonchev–Trinajstić information content (AvgIpc) is 2.65. The summed E-state index contributed by atoms with van der Waals surface area (Å²) in [6, 6.07) is 0. The van der Waals surface area contributed by atoms with Crippen molar-refractivity contribution in [2.75, 3.05) is 13.6 Å². The van der Waals surface area contributed by atoms with Crippen LogP contribution in [-0.4, -0.2) is 23.8 Å². The second-order valence-electron chi connectivity index (χ2n) is 4.27. The van der Waals surface area contributed by atoms with Crippen molar-refractivity contribution in [2.45, 2.75) is 39.5 Å². The number of nitrogens with one attached hydrogen (secondary N) is 1. The van der Waals surface area contributed by atoms with E-state index in [0.29, 0.717) is 11.8 Å². The Labute approximate surface area is 96.3 Å². The van der Waals surface area contributed by atoms with Crippen LogP contribution in [0.3, 0.4) is 0 Å². The number of aromatic nitrogens is 2. The zero-order valence-electron chi connectivity index (χ0n) is 10.1. The quantitative estimate of drug-likeness (QED) is 0.759. The molecule has 1 aromatic heterocycles. The summed E-state index contributed by atoms with van der Waals surface area (Å²) in [5, 5.41) is 14.0. The van der Waals surface area contributed by atoms with Crippen LogP contribution in [-0.2, 0) is 6.42 Å². The van der Waals surface area contributed by atoms with Crippen LogP contribution in [0.25, 0.3) is 0 Å². The first kappa shape index (κ1) is 12.6. The van der Waals surface area contributed by atoms with Crippen LogP contribution in [0.2, 0.25) is 0 Å². The largest absolute Gasteiger partial charge is 0.320 e. The van der Waals surface area contributed by atoms with E-state index in [0.717, 1.165) is 19.4 Å². The molecule has 1 atom stereocenters. The molecule has 0 spiro atoms. The number of hydrogen-bond acceptors (Lipinski definition) is 4. The van der Waals surface area contributed by atoms with Gasteiger partial charge in [-0.05, 0) is 25.9 Å². The van der Waals surface area contributed by atoms with Crippen molar-refractivity contribution in [1.29, 1.82) is 0 Å². The van der Waals surface area contributed by atoms with Gasteiger partial charge in [0.15, 0.2) is 0 Å². The van der Waals surface area contributed by atoms with E-state index in [1.165, 1.54) is 10.0 Å². The molecule has 1 unspecified atom stereocenters. The third-order valence-corrected chi connectivity index (χ3v) is 3.87. The molecule has 4 heteroatoms. The van der Waals surface area contributed by atoms with Gasteiger partial charge in [0, 0.05) is 12.3 Å². The SMILES string of the molecule is CNCCCc1nnc(C(C)C(C)C)s1. The lowest BCUT2D eigenvalue weighted by molar-refractivity contribution is 0.529. The molecule has 86 valence electrons. The minimum atomic E-state index is 0.528. The standard InChI is InChI=1S/C11H21N3S/c1-8(2)9(3)11-14-13-10(15-11)6-5-7-12-4/h8-9,12H,5-7H2,1-4H3. The Morgan fingerprint density at radius 1 is 1.27 bits per heavy atom. The predicted octanol–water partition coefficient (Wildman–Crippen LogP) is 2.45. The molecule has 0 bridgehead atoms. The lowest BCUT2D eigenvalue weighted by Gasteiger charge is -2.10. The van der Waals surface area contributed by atoms with Gasteiger partial charge in [0.25, 0.3) is 0 Å². The van der Waals surface area contributed by atoms with Crippen LogP contribution in [0.5, 0.6) is 0 Å². The zero-order valence-corrected chi connectivity index (χ0v) is 10.9. The fraction of sp³-hybridized carbons (Fsp3) is 0.818. The summed E-state index contributed by atoms with van der Waals surface area (Å²) >= 11 is 1.77. The molecule has 1 N–H and O–H groups in total. The molecule has 0 radical (unpaired) electrons. The van der Waals surface area contributed by atoms with Gasteiger partial charge < -0.3 is 5.32 Å². The molecule has 0 amide bonds. The molecule has 3 nitrogen and oxygen atoms in total. The van der Waals surface area contributed by atoms with Gasteiger partial charge in [-0.25, -0.2) is 0 Å². The van der Waals surface area contributed by atoms with E-state index in [-0.39, 0.29) is 0 Å². The van der Waals surface area contributed by atoms with Gasteiger partial charge in [0.05, 0.1) is 0 Å². The van der Waals surface area contributed by atoms with Crippen molar-refractivity contribution in [1.82, 2.24) is 15.5 Å². The first-order chi connectivity index (χ1) is 7.15. The van der Waals surface area contributed by atoms with E-state index < -0.39 is 0 Å². The van der Waals surface area contributed by atoms with E-state index in [1.807, 2.05) is 7.05 Å². The number of rotatable bonds is 6. The summed E-state index contributed by atoms with van der Waals surface area (Å²) in [6.45, 7) is 7.73.